The summed E-state index contributed by atoms with van der Waals surface area (Å²) in [6.07, 6.45) is 0.280. The van der Waals surface area contributed by atoms with Crippen molar-refractivity contribution in [3.63, 3.8) is 0 Å². The highest BCUT2D eigenvalue weighted by Crippen LogP contribution is 2.35. The highest BCUT2D eigenvalue weighted by atomic mass is 32.2. The van der Waals surface area contributed by atoms with E-state index >= 15 is 0 Å². The second kappa shape index (κ2) is 11.5. The summed E-state index contributed by atoms with van der Waals surface area (Å²) in [7, 11) is -3.95. The third kappa shape index (κ3) is 12.4. The fourth-order valence-electron chi connectivity index (χ4n) is 1.40. The maximum absolute atomic E-state index is 11.6. The van der Waals surface area contributed by atoms with Gasteiger partial charge >= 0.3 is 19.5 Å². The number of thioether (sulfide) groups is 1. The van der Waals surface area contributed by atoms with E-state index in [2.05, 4.69) is 13.2 Å². The molecule has 0 radical (unpaired) electrons. The monoisotopic (exact) mass is 380 g/mol. The number of hydrogen-bond acceptors (Lipinski definition) is 6. The second-order valence-electron chi connectivity index (χ2n) is 5.36. The van der Waals surface area contributed by atoms with Gasteiger partial charge in [-0.2, -0.15) is 11.8 Å². The number of esters is 2. The molecule has 0 aromatic carbocycles. The maximum atomic E-state index is 11.6. The van der Waals surface area contributed by atoms with Crippen LogP contribution in [0.4, 0.5) is 0 Å². The Labute approximate surface area is 146 Å². The Hall–Kier alpha value is -1.08. The van der Waals surface area contributed by atoms with Crippen LogP contribution < -0.4 is 0 Å². The van der Waals surface area contributed by atoms with Crippen molar-refractivity contribution in [1.82, 2.24) is 0 Å². The smallest absolute Gasteiger partial charge is 0.333 e. The van der Waals surface area contributed by atoms with Gasteiger partial charge in [-0.05, 0) is 32.4 Å². The molecule has 0 aromatic rings. The molecule has 1 unspecified atom stereocenters. The predicted molar refractivity (Wildman–Crippen MR) is 93.9 cm³/mol. The van der Waals surface area contributed by atoms with Gasteiger partial charge in [0.1, 0.15) is 12.7 Å². The van der Waals surface area contributed by atoms with Crippen LogP contribution >= 0.6 is 19.4 Å². The molecule has 9 heteroatoms. The molecule has 0 heterocycles. The van der Waals surface area contributed by atoms with Gasteiger partial charge in [-0.15, -0.1) is 0 Å². The molecule has 0 spiro atoms. The Morgan fingerprint density at radius 3 is 2.21 bits per heavy atom. The number of rotatable bonds is 12. The molecule has 1 atom stereocenters. The zero-order chi connectivity index (χ0) is 18.8. The van der Waals surface area contributed by atoms with Crippen molar-refractivity contribution in [3.05, 3.63) is 24.3 Å². The zero-order valence-electron chi connectivity index (χ0n) is 14.0. The zero-order valence-corrected chi connectivity index (χ0v) is 15.7. The molecule has 0 aliphatic rings. The van der Waals surface area contributed by atoms with Gasteiger partial charge in [-0.25, -0.2) is 9.59 Å². The highest BCUT2D eigenvalue weighted by Gasteiger charge is 2.18. The molecule has 0 aliphatic carbocycles. The van der Waals surface area contributed by atoms with Crippen LogP contribution in [0.5, 0.6) is 0 Å². The molecule has 0 fully saturated rings. The van der Waals surface area contributed by atoms with Crippen LogP contribution in [0.15, 0.2) is 24.3 Å². The molecular weight excluding hydrogens is 355 g/mol. The van der Waals surface area contributed by atoms with Crippen LogP contribution in [-0.4, -0.2) is 52.1 Å². The topological polar surface area (TPSA) is 110 Å². The first-order valence-electron chi connectivity index (χ1n) is 7.34. The van der Waals surface area contributed by atoms with E-state index in [1.54, 1.807) is 0 Å². The van der Waals surface area contributed by atoms with E-state index in [0.29, 0.717) is 24.3 Å². The van der Waals surface area contributed by atoms with Crippen molar-refractivity contribution in [2.24, 2.45) is 0 Å². The summed E-state index contributed by atoms with van der Waals surface area (Å²) in [4.78, 5) is 40.5. The maximum Gasteiger partial charge on any atom is 0.333 e. The summed E-state index contributed by atoms with van der Waals surface area (Å²) >= 11 is 1.45. The minimum absolute atomic E-state index is 0.0831. The lowest BCUT2D eigenvalue weighted by molar-refractivity contribution is -0.152. The highest BCUT2D eigenvalue weighted by molar-refractivity contribution is 7.99. The molecule has 2 N–H and O–H groups in total. The number of hydrogen-bond donors (Lipinski definition) is 2. The molecule has 0 amide bonds. The lowest BCUT2D eigenvalue weighted by Crippen LogP contribution is -2.28. The molecule has 0 aliphatic heterocycles. The Morgan fingerprint density at radius 1 is 1.12 bits per heavy atom. The molecule has 0 bridgehead atoms. The summed E-state index contributed by atoms with van der Waals surface area (Å²) in [6.45, 7) is 9.93. The van der Waals surface area contributed by atoms with E-state index in [1.165, 1.54) is 25.6 Å². The lowest BCUT2D eigenvalue weighted by Gasteiger charge is -2.18. The van der Waals surface area contributed by atoms with E-state index < -0.39 is 25.6 Å². The number of ether oxygens (including phenoxy) is 2. The van der Waals surface area contributed by atoms with Crippen LogP contribution in [0.2, 0.25) is 0 Å². The fourth-order valence-corrected chi connectivity index (χ4v) is 3.03. The third-order valence-electron chi connectivity index (χ3n) is 2.66. The van der Waals surface area contributed by atoms with Gasteiger partial charge in [0.25, 0.3) is 0 Å². The van der Waals surface area contributed by atoms with Gasteiger partial charge in [0, 0.05) is 23.1 Å². The van der Waals surface area contributed by atoms with Crippen LogP contribution in [-0.2, 0) is 23.6 Å². The molecule has 7 nitrogen and oxygen atoms in total. The van der Waals surface area contributed by atoms with E-state index in [1.807, 2.05) is 0 Å². The largest absolute Gasteiger partial charge is 0.458 e. The number of carbonyl (C=O) groups is 2. The van der Waals surface area contributed by atoms with E-state index in [0.717, 1.165) is 0 Å². The molecular formula is C15H25O7PS. The van der Waals surface area contributed by atoms with Gasteiger partial charge in [0.05, 0.1) is 0 Å². The van der Waals surface area contributed by atoms with Crippen molar-refractivity contribution >= 4 is 31.3 Å². The van der Waals surface area contributed by atoms with E-state index in [9.17, 15) is 14.2 Å². The van der Waals surface area contributed by atoms with Gasteiger partial charge in [-0.1, -0.05) is 13.2 Å². The Kier molecular flexibility index (Phi) is 11.0. The molecule has 0 rings (SSSR count). The Balaban J connectivity index is 4.26. The summed E-state index contributed by atoms with van der Waals surface area (Å²) < 4.78 is 20.9. The van der Waals surface area contributed by atoms with Gasteiger partial charge in [0.15, 0.2) is 0 Å². The van der Waals surface area contributed by atoms with Crippen LogP contribution in [0.3, 0.4) is 0 Å². The van der Waals surface area contributed by atoms with Crippen molar-refractivity contribution in [2.75, 3.05) is 24.3 Å². The standard InChI is InChI=1S/C15H25O7PS/c1-11(2)14(16)21-9-13(22-15(17)12(3)4)10-24-8-6-5-7-23(18,19)20/h13H,1,3,5-10H2,2,4H3,(H2,18,19,20). The molecule has 0 saturated carbocycles. The first-order chi connectivity index (χ1) is 11.0. The summed E-state index contributed by atoms with van der Waals surface area (Å²) in [5, 5.41) is 0. The normalized spacial score (nSPS) is 12.3. The second-order valence-corrected chi connectivity index (χ2v) is 8.28. The summed E-state index contributed by atoms with van der Waals surface area (Å²) in [5.41, 5.74) is 0.503. The lowest BCUT2D eigenvalue weighted by atomic mass is 10.3. The molecule has 0 saturated heterocycles. The quantitative estimate of drug-likeness (QED) is 0.230. The van der Waals surface area contributed by atoms with Gasteiger partial charge in [-0.3, -0.25) is 4.57 Å². The third-order valence-corrected chi connectivity index (χ3v) is 4.75. The average Bonchev–Trinajstić information content (AvgIpc) is 2.45. The van der Waals surface area contributed by atoms with Crippen molar-refractivity contribution in [2.45, 2.75) is 32.8 Å². The van der Waals surface area contributed by atoms with Crippen LogP contribution in [0.1, 0.15) is 26.7 Å². The summed E-state index contributed by atoms with van der Waals surface area (Å²) in [6, 6.07) is 0. The van der Waals surface area contributed by atoms with Crippen molar-refractivity contribution in [3.8, 4) is 0 Å². The van der Waals surface area contributed by atoms with Crippen LogP contribution in [0.25, 0.3) is 0 Å². The number of unbranched alkanes of at least 4 members (excludes halogenated alkanes) is 1. The van der Waals surface area contributed by atoms with E-state index in [4.69, 9.17) is 19.3 Å². The minimum Gasteiger partial charge on any atom is -0.458 e. The van der Waals surface area contributed by atoms with E-state index in [-0.39, 0.29) is 23.9 Å². The molecule has 0 aromatic heterocycles. The Bertz CT molecular complexity index is 512. The first-order valence-corrected chi connectivity index (χ1v) is 10.3. The van der Waals surface area contributed by atoms with Crippen LogP contribution in [0, 0.1) is 0 Å². The predicted octanol–water partition coefficient (Wildman–Crippen LogP) is 2.28. The van der Waals surface area contributed by atoms with Gasteiger partial charge < -0.3 is 19.3 Å². The minimum atomic E-state index is -3.95. The molecule has 138 valence electrons. The summed E-state index contributed by atoms with van der Waals surface area (Å²) in [5.74, 6) is -0.0694. The SMILES string of the molecule is C=C(C)C(=O)OCC(CSCCCCP(=O)(O)O)OC(=O)C(=C)C. The average molecular weight is 380 g/mol. The van der Waals surface area contributed by atoms with Gasteiger partial charge in [0.2, 0.25) is 0 Å². The fraction of sp³-hybridized carbons (Fsp3) is 0.600. The van der Waals surface area contributed by atoms with Crippen molar-refractivity contribution in [1.29, 1.82) is 0 Å². The molecule has 24 heavy (non-hydrogen) atoms. The Morgan fingerprint density at radius 2 is 1.71 bits per heavy atom. The van der Waals surface area contributed by atoms with Crippen molar-refractivity contribution < 1.29 is 33.4 Å². The number of carbonyl (C=O) groups excluding carboxylic acids is 2. The first kappa shape index (κ1) is 22.9.